The van der Waals surface area contributed by atoms with E-state index >= 15 is 0 Å². The molecule has 1 aliphatic heterocycles. The Bertz CT molecular complexity index is 364. The molecule has 1 unspecified atom stereocenters. The molecule has 3 nitrogen and oxygen atoms in total. The van der Waals surface area contributed by atoms with Gasteiger partial charge in [0.2, 0.25) is 0 Å². The number of likely N-dealkylation sites (tertiary alicyclic amines) is 1. The van der Waals surface area contributed by atoms with Crippen molar-refractivity contribution < 1.29 is 23.1 Å². The van der Waals surface area contributed by atoms with Crippen LogP contribution in [-0.4, -0.2) is 40.3 Å². The van der Waals surface area contributed by atoms with E-state index in [4.69, 9.17) is 0 Å². The molecule has 2 rings (SSSR count). The number of piperidine rings is 1. The van der Waals surface area contributed by atoms with Gasteiger partial charge in [0, 0.05) is 6.04 Å². The molecule has 20 heavy (non-hydrogen) atoms. The maximum absolute atomic E-state index is 12.7. The molecular weight excluding hydrogens is 271 g/mol. The summed E-state index contributed by atoms with van der Waals surface area (Å²) in [5, 5.41) is 9.46. The second-order valence-electron chi connectivity index (χ2n) is 6.28. The first-order chi connectivity index (χ1) is 9.25. The summed E-state index contributed by atoms with van der Waals surface area (Å²) in [5.74, 6) is -2.06. The van der Waals surface area contributed by atoms with Crippen molar-refractivity contribution in [3.8, 4) is 0 Å². The summed E-state index contributed by atoms with van der Waals surface area (Å²) in [6.07, 6.45) is -0.565. The number of alkyl halides is 3. The van der Waals surface area contributed by atoms with E-state index in [9.17, 15) is 23.1 Å². The van der Waals surface area contributed by atoms with Crippen LogP contribution in [0.4, 0.5) is 13.2 Å². The van der Waals surface area contributed by atoms with Crippen molar-refractivity contribution in [2.24, 2.45) is 5.92 Å². The minimum absolute atomic E-state index is 0.0185. The number of hydrogen-bond acceptors (Lipinski definition) is 2. The molecular formula is C14H22F3NO2. The molecule has 0 spiro atoms. The van der Waals surface area contributed by atoms with Crippen LogP contribution in [-0.2, 0) is 4.79 Å². The quantitative estimate of drug-likeness (QED) is 0.848. The molecule has 0 bridgehead atoms. The number of carbonyl (C=O) groups is 1. The fraction of sp³-hybridized carbons (Fsp3) is 0.929. The highest BCUT2D eigenvalue weighted by Crippen LogP contribution is 2.41. The topological polar surface area (TPSA) is 40.5 Å². The van der Waals surface area contributed by atoms with Gasteiger partial charge in [-0.15, -0.1) is 0 Å². The van der Waals surface area contributed by atoms with Gasteiger partial charge in [-0.1, -0.05) is 0 Å². The Kier molecular flexibility index (Phi) is 4.33. The third-order valence-corrected chi connectivity index (χ3v) is 5.01. The average Bonchev–Trinajstić information content (AvgIpc) is 2.38. The van der Waals surface area contributed by atoms with E-state index in [0.29, 0.717) is 25.8 Å². The van der Waals surface area contributed by atoms with Gasteiger partial charge in [0.15, 0.2) is 0 Å². The van der Waals surface area contributed by atoms with Gasteiger partial charge in [-0.2, -0.15) is 13.2 Å². The summed E-state index contributed by atoms with van der Waals surface area (Å²) in [5.41, 5.74) is -0.909. The number of halogens is 3. The molecule has 1 heterocycles. The van der Waals surface area contributed by atoms with E-state index in [1.165, 1.54) is 0 Å². The lowest BCUT2D eigenvalue weighted by Crippen LogP contribution is -2.59. The molecule has 0 aromatic carbocycles. The maximum Gasteiger partial charge on any atom is 0.391 e. The number of rotatable bonds is 2. The summed E-state index contributed by atoms with van der Waals surface area (Å²) in [6.45, 7) is 2.40. The zero-order valence-corrected chi connectivity index (χ0v) is 11.7. The van der Waals surface area contributed by atoms with Gasteiger partial charge in [0.25, 0.3) is 0 Å². The normalized spacial score (nSPS) is 36.8. The number of hydrogen-bond donors (Lipinski definition) is 1. The molecule has 0 aromatic rings. The van der Waals surface area contributed by atoms with Gasteiger partial charge in [-0.05, 0) is 58.4 Å². The number of carboxylic acid groups (broad SMARTS) is 1. The van der Waals surface area contributed by atoms with Crippen LogP contribution in [0.3, 0.4) is 0 Å². The molecule has 2 fully saturated rings. The average molecular weight is 293 g/mol. The highest BCUT2D eigenvalue weighted by molar-refractivity contribution is 5.78. The predicted octanol–water partition coefficient (Wildman–Crippen LogP) is 3.44. The van der Waals surface area contributed by atoms with Gasteiger partial charge < -0.3 is 5.11 Å². The highest BCUT2D eigenvalue weighted by atomic mass is 19.4. The van der Waals surface area contributed by atoms with Crippen LogP contribution in [0.1, 0.15) is 51.9 Å². The molecule has 1 aliphatic carbocycles. The summed E-state index contributed by atoms with van der Waals surface area (Å²) >= 11 is 0. The molecule has 6 heteroatoms. The van der Waals surface area contributed by atoms with Crippen molar-refractivity contribution in [1.82, 2.24) is 4.90 Å². The van der Waals surface area contributed by atoms with E-state index in [1.54, 1.807) is 6.92 Å². The minimum Gasteiger partial charge on any atom is -0.480 e. The molecule has 116 valence electrons. The minimum atomic E-state index is -4.11. The smallest absolute Gasteiger partial charge is 0.391 e. The van der Waals surface area contributed by atoms with Crippen molar-refractivity contribution in [3.63, 3.8) is 0 Å². The van der Waals surface area contributed by atoms with Crippen LogP contribution < -0.4 is 0 Å². The van der Waals surface area contributed by atoms with Gasteiger partial charge in [0.05, 0.1) is 5.92 Å². The third-order valence-electron chi connectivity index (χ3n) is 5.01. The molecule has 1 atom stereocenters. The SMILES string of the molecule is CC1(C(=O)O)CCCCN1C1CCC(C(F)(F)F)CC1. The van der Waals surface area contributed by atoms with Crippen molar-refractivity contribution in [2.45, 2.75) is 69.6 Å². The Morgan fingerprint density at radius 2 is 1.80 bits per heavy atom. The lowest BCUT2D eigenvalue weighted by molar-refractivity contribution is -0.187. The zero-order valence-electron chi connectivity index (χ0n) is 11.7. The molecule has 1 N–H and O–H groups in total. The van der Waals surface area contributed by atoms with E-state index < -0.39 is 23.6 Å². The van der Waals surface area contributed by atoms with Gasteiger partial charge in [-0.25, -0.2) is 0 Å². The first kappa shape index (κ1) is 15.6. The molecule has 1 saturated heterocycles. The Hall–Kier alpha value is -0.780. The Balaban J connectivity index is 2.03. The summed E-state index contributed by atoms with van der Waals surface area (Å²) < 4.78 is 38.0. The van der Waals surface area contributed by atoms with Gasteiger partial charge in [0.1, 0.15) is 5.54 Å². The summed E-state index contributed by atoms with van der Waals surface area (Å²) in [7, 11) is 0. The molecule has 1 saturated carbocycles. The number of nitrogens with zero attached hydrogens (tertiary/aromatic N) is 1. The summed E-state index contributed by atoms with van der Waals surface area (Å²) in [4.78, 5) is 13.5. The maximum atomic E-state index is 12.7. The van der Waals surface area contributed by atoms with Crippen LogP contribution in [0.5, 0.6) is 0 Å². The first-order valence-electron chi connectivity index (χ1n) is 7.32. The van der Waals surface area contributed by atoms with E-state index in [-0.39, 0.29) is 18.9 Å². The van der Waals surface area contributed by atoms with Crippen LogP contribution in [0.15, 0.2) is 0 Å². The molecule has 0 amide bonds. The number of aliphatic carboxylic acids is 1. The monoisotopic (exact) mass is 293 g/mol. The van der Waals surface area contributed by atoms with Crippen molar-refractivity contribution in [1.29, 1.82) is 0 Å². The van der Waals surface area contributed by atoms with E-state index in [1.807, 2.05) is 4.90 Å². The van der Waals surface area contributed by atoms with Gasteiger partial charge >= 0.3 is 12.1 Å². The van der Waals surface area contributed by atoms with Crippen LogP contribution >= 0.6 is 0 Å². The van der Waals surface area contributed by atoms with E-state index in [0.717, 1.165) is 12.8 Å². The molecule has 2 aliphatic rings. The standard InChI is InChI=1S/C14H22F3NO2/c1-13(12(19)20)8-2-3-9-18(13)11-6-4-10(5-7-11)14(15,16)17/h10-11H,2-9H2,1H3,(H,19,20). The van der Waals surface area contributed by atoms with E-state index in [2.05, 4.69) is 0 Å². The number of carboxylic acids is 1. The first-order valence-corrected chi connectivity index (χ1v) is 7.32. The molecule has 0 aromatic heterocycles. The van der Waals surface area contributed by atoms with Crippen molar-refractivity contribution >= 4 is 5.97 Å². The highest BCUT2D eigenvalue weighted by Gasteiger charge is 2.47. The Morgan fingerprint density at radius 1 is 1.20 bits per heavy atom. The predicted molar refractivity (Wildman–Crippen MR) is 68.4 cm³/mol. The second-order valence-corrected chi connectivity index (χ2v) is 6.28. The van der Waals surface area contributed by atoms with Crippen LogP contribution in [0.25, 0.3) is 0 Å². The fourth-order valence-electron chi connectivity index (χ4n) is 3.67. The van der Waals surface area contributed by atoms with Crippen LogP contribution in [0, 0.1) is 5.92 Å². The Labute approximate surface area is 117 Å². The van der Waals surface area contributed by atoms with Gasteiger partial charge in [-0.3, -0.25) is 9.69 Å². The lowest BCUT2D eigenvalue weighted by Gasteiger charge is -2.48. The van der Waals surface area contributed by atoms with Crippen LogP contribution in [0.2, 0.25) is 0 Å². The lowest BCUT2D eigenvalue weighted by atomic mass is 9.80. The molecule has 0 radical (unpaired) electrons. The Morgan fingerprint density at radius 3 is 2.30 bits per heavy atom. The fourth-order valence-corrected chi connectivity index (χ4v) is 3.67. The van der Waals surface area contributed by atoms with Crippen molar-refractivity contribution in [2.75, 3.05) is 6.54 Å². The third kappa shape index (κ3) is 2.95. The largest absolute Gasteiger partial charge is 0.480 e. The second kappa shape index (κ2) is 5.54. The van der Waals surface area contributed by atoms with Crippen molar-refractivity contribution in [3.05, 3.63) is 0 Å². The zero-order chi connectivity index (χ0) is 15.0. The summed E-state index contributed by atoms with van der Waals surface area (Å²) in [6, 6.07) is -0.0185.